The van der Waals surface area contributed by atoms with Gasteiger partial charge >= 0.3 is 0 Å². The van der Waals surface area contributed by atoms with Crippen LogP contribution in [0.4, 0.5) is 11.4 Å². The van der Waals surface area contributed by atoms with Gasteiger partial charge in [-0.2, -0.15) is 0 Å². The fourth-order valence-electron chi connectivity index (χ4n) is 2.46. The van der Waals surface area contributed by atoms with Gasteiger partial charge in [-0.15, -0.1) is 0 Å². The van der Waals surface area contributed by atoms with E-state index in [0.29, 0.717) is 13.0 Å². The number of hydrogen-bond donors (Lipinski definition) is 1. The zero-order valence-corrected chi connectivity index (χ0v) is 12.4. The average Bonchev–Trinajstić information content (AvgIpc) is 2.48. The molecule has 0 atom stereocenters. The highest BCUT2D eigenvalue weighted by molar-refractivity contribution is 5.76. The lowest BCUT2D eigenvalue weighted by Crippen LogP contribution is -2.49. The van der Waals surface area contributed by atoms with Crippen LogP contribution < -0.4 is 15.5 Å². The smallest absolute Gasteiger partial charge is 0.223 e. The molecule has 0 unspecified atom stereocenters. The molecule has 0 saturated carbocycles. The Bertz CT molecular complexity index is 453. The van der Waals surface area contributed by atoms with Gasteiger partial charge in [-0.3, -0.25) is 4.79 Å². The minimum atomic E-state index is 0.175. The van der Waals surface area contributed by atoms with Crippen molar-refractivity contribution in [2.45, 2.75) is 6.42 Å². The summed E-state index contributed by atoms with van der Waals surface area (Å²) in [6.07, 6.45) is 0.454. The molecule has 2 rings (SSSR count). The minimum absolute atomic E-state index is 0.175. The Morgan fingerprint density at radius 2 is 1.95 bits per heavy atom. The van der Waals surface area contributed by atoms with Crippen molar-refractivity contribution in [2.75, 3.05) is 56.6 Å². The molecule has 1 aromatic carbocycles. The van der Waals surface area contributed by atoms with E-state index < -0.39 is 0 Å². The fraction of sp³-hybridized carbons (Fsp3) is 0.533. The zero-order chi connectivity index (χ0) is 14.5. The van der Waals surface area contributed by atoms with Crippen LogP contribution >= 0.6 is 0 Å². The number of benzene rings is 1. The van der Waals surface area contributed by atoms with E-state index in [9.17, 15) is 4.79 Å². The van der Waals surface area contributed by atoms with Crippen molar-refractivity contribution in [3.63, 3.8) is 0 Å². The minimum Gasteiger partial charge on any atom is -0.378 e. The number of nitrogens with zero attached hydrogens (tertiary/aromatic N) is 3. The van der Waals surface area contributed by atoms with Crippen LogP contribution in [0.3, 0.4) is 0 Å². The van der Waals surface area contributed by atoms with E-state index in [0.717, 1.165) is 26.2 Å². The molecule has 1 aromatic rings. The molecule has 20 heavy (non-hydrogen) atoms. The first-order valence-electron chi connectivity index (χ1n) is 7.12. The third kappa shape index (κ3) is 3.42. The van der Waals surface area contributed by atoms with Crippen molar-refractivity contribution in [3.8, 4) is 0 Å². The maximum atomic E-state index is 11.8. The zero-order valence-electron chi connectivity index (χ0n) is 12.4. The maximum Gasteiger partial charge on any atom is 0.223 e. The van der Waals surface area contributed by atoms with E-state index in [-0.39, 0.29) is 5.91 Å². The monoisotopic (exact) mass is 276 g/mol. The predicted molar refractivity (Wildman–Crippen MR) is 83.2 cm³/mol. The first-order valence-corrected chi connectivity index (χ1v) is 7.12. The van der Waals surface area contributed by atoms with Gasteiger partial charge in [-0.1, -0.05) is 6.07 Å². The second-order valence-corrected chi connectivity index (χ2v) is 5.32. The van der Waals surface area contributed by atoms with Gasteiger partial charge in [0.1, 0.15) is 0 Å². The van der Waals surface area contributed by atoms with Gasteiger partial charge in [0.25, 0.3) is 0 Å². The Labute approximate surface area is 120 Å². The largest absolute Gasteiger partial charge is 0.378 e. The van der Waals surface area contributed by atoms with Crippen LogP contribution in [0.25, 0.3) is 0 Å². The molecule has 0 spiro atoms. The van der Waals surface area contributed by atoms with E-state index in [1.54, 1.807) is 0 Å². The van der Waals surface area contributed by atoms with Crippen LogP contribution in [0, 0.1) is 0 Å². The Morgan fingerprint density at radius 3 is 2.55 bits per heavy atom. The summed E-state index contributed by atoms with van der Waals surface area (Å²) in [5.41, 5.74) is 7.86. The molecule has 110 valence electrons. The van der Waals surface area contributed by atoms with E-state index >= 15 is 0 Å². The number of carbonyl (C=O) groups is 1. The third-order valence-corrected chi connectivity index (χ3v) is 3.70. The maximum absolute atomic E-state index is 11.8. The number of anilines is 2. The van der Waals surface area contributed by atoms with Crippen molar-refractivity contribution in [2.24, 2.45) is 5.73 Å². The van der Waals surface area contributed by atoms with Gasteiger partial charge in [0.15, 0.2) is 0 Å². The molecule has 5 nitrogen and oxygen atoms in total. The summed E-state index contributed by atoms with van der Waals surface area (Å²) in [5.74, 6) is 0.175. The van der Waals surface area contributed by atoms with Gasteiger partial charge < -0.3 is 20.4 Å². The summed E-state index contributed by atoms with van der Waals surface area (Å²) in [4.78, 5) is 18.2. The molecule has 0 bridgehead atoms. The van der Waals surface area contributed by atoms with Gasteiger partial charge in [-0.25, -0.2) is 0 Å². The Morgan fingerprint density at radius 1 is 1.25 bits per heavy atom. The predicted octanol–water partition coefficient (Wildman–Crippen LogP) is 0.750. The highest BCUT2D eigenvalue weighted by atomic mass is 16.2. The Kier molecular flexibility index (Phi) is 4.84. The lowest BCUT2D eigenvalue weighted by atomic mass is 10.2. The molecule has 1 saturated heterocycles. The number of hydrogen-bond acceptors (Lipinski definition) is 4. The van der Waals surface area contributed by atoms with Crippen LogP contribution in [0.1, 0.15) is 6.42 Å². The lowest BCUT2D eigenvalue weighted by Gasteiger charge is -2.36. The lowest BCUT2D eigenvalue weighted by molar-refractivity contribution is -0.131. The summed E-state index contributed by atoms with van der Waals surface area (Å²) < 4.78 is 0. The average molecular weight is 276 g/mol. The summed E-state index contributed by atoms with van der Waals surface area (Å²) in [5, 5.41) is 0. The number of amides is 1. The van der Waals surface area contributed by atoms with E-state index in [4.69, 9.17) is 5.73 Å². The highest BCUT2D eigenvalue weighted by Crippen LogP contribution is 2.22. The van der Waals surface area contributed by atoms with Gasteiger partial charge in [0.2, 0.25) is 5.91 Å². The normalized spacial score (nSPS) is 15.3. The molecule has 1 aliphatic heterocycles. The molecule has 0 radical (unpaired) electrons. The molecule has 1 amide bonds. The van der Waals surface area contributed by atoms with Gasteiger partial charge in [0.05, 0.1) is 0 Å². The first-order chi connectivity index (χ1) is 9.61. The van der Waals surface area contributed by atoms with Crippen molar-refractivity contribution >= 4 is 17.3 Å². The Balaban J connectivity index is 1.97. The fourth-order valence-corrected chi connectivity index (χ4v) is 2.46. The quantitative estimate of drug-likeness (QED) is 0.882. The second-order valence-electron chi connectivity index (χ2n) is 5.32. The third-order valence-electron chi connectivity index (χ3n) is 3.70. The number of carbonyl (C=O) groups excluding carboxylic acids is 1. The van der Waals surface area contributed by atoms with Crippen molar-refractivity contribution < 1.29 is 4.79 Å². The highest BCUT2D eigenvalue weighted by Gasteiger charge is 2.20. The molecular formula is C15H24N4O. The van der Waals surface area contributed by atoms with Crippen LogP contribution in [-0.2, 0) is 4.79 Å². The molecule has 1 aliphatic rings. The molecule has 0 aliphatic carbocycles. The molecule has 5 heteroatoms. The van der Waals surface area contributed by atoms with Crippen LogP contribution in [0.2, 0.25) is 0 Å². The second kappa shape index (κ2) is 6.61. The molecule has 2 N–H and O–H groups in total. The van der Waals surface area contributed by atoms with Crippen LogP contribution in [0.15, 0.2) is 24.3 Å². The van der Waals surface area contributed by atoms with Gasteiger partial charge in [0, 0.05) is 64.6 Å². The SMILES string of the molecule is CN(C)c1cccc(N2CCN(C(=O)CCN)CC2)c1. The van der Waals surface area contributed by atoms with Crippen molar-refractivity contribution in [3.05, 3.63) is 24.3 Å². The molecule has 0 aromatic heterocycles. The topological polar surface area (TPSA) is 52.8 Å². The number of piperazine rings is 1. The van der Waals surface area contributed by atoms with E-state index in [2.05, 4.69) is 34.1 Å². The summed E-state index contributed by atoms with van der Waals surface area (Å²) in [6.45, 7) is 3.76. The Hall–Kier alpha value is -1.75. The van der Waals surface area contributed by atoms with Crippen LogP contribution in [0.5, 0.6) is 0 Å². The summed E-state index contributed by atoms with van der Waals surface area (Å²) in [6, 6.07) is 8.50. The van der Waals surface area contributed by atoms with Crippen molar-refractivity contribution in [1.82, 2.24) is 4.90 Å². The van der Waals surface area contributed by atoms with Crippen LogP contribution in [-0.4, -0.2) is 57.6 Å². The first kappa shape index (κ1) is 14.7. The molecule has 1 heterocycles. The number of nitrogens with two attached hydrogens (primary N) is 1. The molecule has 1 fully saturated rings. The van der Waals surface area contributed by atoms with E-state index in [1.807, 2.05) is 19.0 Å². The molecular weight excluding hydrogens is 252 g/mol. The van der Waals surface area contributed by atoms with E-state index in [1.165, 1.54) is 11.4 Å². The van der Waals surface area contributed by atoms with Gasteiger partial charge in [-0.05, 0) is 18.2 Å². The van der Waals surface area contributed by atoms with Crippen molar-refractivity contribution in [1.29, 1.82) is 0 Å². The summed E-state index contributed by atoms with van der Waals surface area (Å²) in [7, 11) is 4.09. The number of rotatable bonds is 4. The standard InChI is InChI=1S/C15H24N4O/c1-17(2)13-4-3-5-14(12-13)18-8-10-19(11-9-18)15(20)6-7-16/h3-5,12H,6-11,16H2,1-2H3. The summed E-state index contributed by atoms with van der Waals surface area (Å²) >= 11 is 0.